The number of fused-ring (bicyclic) bond motifs is 4. The van der Waals surface area contributed by atoms with Crippen LogP contribution in [0.1, 0.15) is 145 Å². The largest absolute Gasteiger partial charge is 0.490 e. The Labute approximate surface area is 530 Å². The molecule has 0 spiro atoms. The Morgan fingerprint density at radius 2 is 1.76 bits per heavy atom. The number of aliphatic hydroxyl groups excluding tert-OH is 1. The lowest BCUT2D eigenvalue weighted by Gasteiger charge is -2.41. The third-order valence-corrected chi connectivity index (χ3v) is 22.4. The zero-order valence-corrected chi connectivity index (χ0v) is 55.4. The van der Waals surface area contributed by atoms with Crippen LogP contribution in [0.15, 0.2) is 77.0 Å². The van der Waals surface area contributed by atoms with Gasteiger partial charge in [0.1, 0.15) is 43.9 Å². The summed E-state index contributed by atoms with van der Waals surface area (Å²) in [6.45, 7) is 6.17. The number of aliphatic hydroxyl groups is 1. The molecule has 8 rings (SSSR count). The molecule has 5 aliphatic rings. The van der Waals surface area contributed by atoms with Gasteiger partial charge in [0.25, 0.3) is 5.91 Å². The number of aromatic nitrogens is 1. The number of ketones is 2. The Morgan fingerprint density at radius 3 is 2.48 bits per heavy atom. The van der Waals surface area contributed by atoms with Gasteiger partial charge in [-0.05, 0) is 95.8 Å². The second-order valence-corrected chi connectivity index (χ2v) is 30.2. The van der Waals surface area contributed by atoms with Crippen LogP contribution in [0.25, 0.3) is 5.57 Å². The molecule has 1 fully saturated rings. The molecule has 4 unspecified atom stereocenters. The summed E-state index contributed by atoms with van der Waals surface area (Å²) < 4.78 is 56.2. The fourth-order valence-electron chi connectivity index (χ4n) is 11.6. The molecule has 2 aromatic carbocycles. The van der Waals surface area contributed by atoms with E-state index < -0.39 is 60.2 Å². The average Bonchev–Trinajstić information content (AvgIpc) is 0.860. The molecule has 3 aliphatic carbocycles. The van der Waals surface area contributed by atoms with E-state index in [0.717, 1.165) is 47.2 Å². The van der Waals surface area contributed by atoms with Gasteiger partial charge in [-0.15, -0.1) is 0 Å². The van der Waals surface area contributed by atoms with Crippen LogP contribution in [0.3, 0.4) is 0 Å². The number of amides is 3. The van der Waals surface area contributed by atoms with Gasteiger partial charge >= 0.3 is 23.5 Å². The first kappa shape index (κ1) is 70.3. The van der Waals surface area contributed by atoms with E-state index in [1.54, 1.807) is 11.9 Å². The number of rotatable bonds is 27. The Balaban J connectivity index is 0.760. The van der Waals surface area contributed by atoms with Crippen molar-refractivity contribution in [3.05, 3.63) is 116 Å². The van der Waals surface area contributed by atoms with Crippen molar-refractivity contribution in [1.29, 1.82) is 0 Å². The molecule has 1 saturated heterocycles. The van der Waals surface area contributed by atoms with Gasteiger partial charge in [-0.1, -0.05) is 84.5 Å². The van der Waals surface area contributed by atoms with Crippen LogP contribution < -0.4 is 21.7 Å². The van der Waals surface area contributed by atoms with Gasteiger partial charge in [0.2, 0.25) is 11.8 Å². The molecule has 25 nitrogen and oxygen atoms in total. The molecule has 30 heteroatoms. The molecule has 486 valence electrons. The molecule has 1 aromatic heterocycles. The molecule has 10 N–H and O–H groups in total. The van der Waals surface area contributed by atoms with Gasteiger partial charge in [-0.25, -0.2) is 23.3 Å². The van der Waals surface area contributed by atoms with E-state index in [1.165, 1.54) is 54.6 Å². The predicted octanol–water partition coefficient (Wildman–Crippen LogP) is 6.85. The molecule has 3 heterocycles. The quantitative estimate of drug-likeness (QED) is 0.0124. The van der Waals surface area contributed by atoms with Crippen LogP contribution >= 0.6 is 45.1 Å². The van der Waals surface area contributed by atoms with Crippen molar-refractivity contribution in [2.24, 2.45) is 16.6 Å². The third-order valence-electron chi connectivity index (χ3n) is 16.2. The monoisotopic (exact) mass is 1340 g/mol. The van der Waals surface area contributed by atoms with Crippen molar-refractivity contribution in [2.45, 2.75) is 115 Å². The zero-order valence-electron chi connectivity index (χ0n) is 51.1. The summed E-state index contributed by atoms with van der Waals surface area (Å²) in [7, 11) is -6.10. The maximum Gasteiger partial charge on any atom is 0.490 e. The van der Waals surface area contributed by atoms with Crippen molar-refractivity contribution in [1.82, 2.24) is 25.4 Å². The van der Waals surface area contributed by atoms with Gasteiger partial charge in [-0.3, -0.25) is 28.5 Å². The summed E-state index contributed by atoms with van der Waals surface area (Å²) in [5, 5.41) is 19.9. The first-order valence-electron chi connectivity index (χ1n) is 29.4. The number of nitrogens with two attached hydrogens (primary N) is 1. The smallest absolute Gasteiger partial charge is 0.390 e. The van der Waals surface area contributed by atoms with Crippen LogP contribution in [-0.4, -0.2) is 158 Å². The topological polar surface area (TPSA) is 360 Å². The zero-order chi connectivity index (χ0) is 65.5. The van der Waals surface area contributed by atoms with E-state index in [4.69, 9.17) is 20.3 Å². The molecular weight excluding hydrogens is 1260 g/mol. The number of ether oxygens (including phenoxy) is 1. The predicted molar refractivity (Wildman–Crippen MR) is 342 cm³/mol. The molecule has 3 aromatic rings. The van der Waals surface area contributed by atoms with E-state index in [2.05, 4.69) is 101 Å². The van der Waals surface area contributed by atoms with Crippen molar-refractivity contribution < 1.29 is 84.8 Å². The number of carbonyl (C=O) groups excluding carboxylic acids is 5. The van der Waals surface area contributed by atoms with Crippen molar-refractivity contribution in [2.75, 3.05) is 65.9 Å². The van der Waals surface area contributed by atoms with E-state index in [1.807, 2.05) is 46.3 Å². The van der Waals surface area contributed by atoms with Crippen LogP contribution in [-0.2, 0) is 57.8 Å². The number of nitrogens with zero attached hydrogens (tertiary/aromatic N) is 4. The number of hydrogen-bond acceptors (Lipinski definition) is 18. The van der Waals surface area contributed by atoms with E-state index in [-0.39, 0.29) is 96.4 Å². The standard InChI is InChI=1S/C60H77N8O17P3S2/c1-8-36(28-40(69)16-13-25-67(7)59(74)42-18-10-9-17-41(42)56-43-21-20-39(66(5)6)30-46(43)60(2,3)47-31-44-37(29-45(47)56)14-11-19-48(44)62-4)58(73)64-24-27-90-89-26-22-53(72)63-23-12-15-38-34-68(57-55(38)50(71)32-52(61)65-57)54-33-49(70)51(83-54)35-82-87(78,79)85-88(80,81)84-86(75,76)77/h9-10,17-18,20-21,29-31,34,36,48-49,51,54,62,70H,8,11,13-14,16,19,22-28,32-33,35H2,1-7H3,(H7-,61,63,64,65,71,72,73,75,76,77,78,79,80,81)/p+1/t36?,48?,49-,51-,54-/m1/s1. The summed E-state index contributed by atoms with van der Waals surface area (Å²) >= 11 is 0. The number of aryl methyl sites for hydroxylation is 1. The highest BCUT2D eigenvalue weighted by atomic mass is 33.1. The van der Waals surface area contributed by atoms with Gasteiger partial charge in [0.15, 0.2) is 11.5 Å². The fourth-order valence-corrected chi connectivity index (χ4v) is 16.6. The number of Topliss-reactive ketones (excluding diaryl/α,β-unsaturated/α-hetero) is 2. The molecular formula is C60H78N8O17P3S2+. The lowest BCUT2D eigenvalue weighted by molar-refractivity contribution is -0.462. The minimum atomic E-state index is -5.79. The summed E-state index contributed by atoms with van der Waals surface area (Å²) in [6.07, 6.45) is 8.39. The summed E-state index contributed by atoms with van der Waals surface area (Å²) in [5.41, 5.74) is 16.9. The highest BCUT2D eigenvalue weighted by Crippen LogP contribution is 2.66. The maximum atomic E-state index is 14.5. The number of amidine groups is 1. The third kappa shape index (κ3) is 17.3. The van der Waals surface area contributed by atoms with Crippen molar-refractivity contribution in [3.63, 3.8) is 0 Å². The molecule has 0 bridgehead atoms. The molecule has 90 heavy (non-hydrogen) atoms. The number of allylic oxidation sites excluding steroid dienone is 5. The number of benzene rings is 2. The van der Waals surface area contributed by atoms with Crippen molar-refractivity contribution in [3.8, 4) is 11.8 Å². The second-order valence-electron chi connectivity index (χ2n) is 23.1. The molecule has 3 amide bonds. The SMILES string of the molecule is CCC(CC(=O)CCCN(C)C(=O)c1ccccc1C1=C2C=CC(=[N+](C)C)C=C2C(C)(C)c2cc3c(cc21)CCCC3NC)C(=O)NCCSSCCC(=O)NCC#Cc1cn([C@H]2C[C@@H](O)[C@@H](COP(=O)(O)OP(=O)(O)OP(=O)(O)O)O2)c2c1C(=O)CC(N)=N2. The van der Waals surface area contributed by atoms with Gasteiger partial charge < -0.3 is 60.6 Å². The highest BCUT2D eigenvalue weighted by Gasteiger charge is 2.45. The number of phosphoric acid groups is 3. The Morgan fingerprint density at radius 1 is 1.01 bits per heavy atom. The van der Waals surface area contributed by atoms with E-state index in [9.17, 15) is 52.6 Å². The molecule has 7 atom stereocenters. The van der Waals surface area contributed by atoms with Crippen LogP contribution in [0.2, 0.25) is 0 Å². The fraction of sp³-hybridized carbons (Fsp3) is 0.483. The second kappa shape index (κ2) is 30.0. The number of carbonyl (C=O) groups is 5. The van der Waals surface area contributed by atoms with Crippen LogP contribution in [0.5, 0.6) is 0 Å². The lowest BCUT2D eigenvalue weighted by Crippen LogP contribution is -2.33. The van der Waals surface area contributed by atoms with Gasteiger partial charge in [0.05, 0.1) is 36.8 Å². The summed E-state index contributed by atoms with van der Waals surface area (Å²) in [4.78, 5) is 110. The number of nitrogens with one attached hydrogen (secondary N) is 3. The minimum Gasteiger partial charge on any atom is -0.390 e. The summed E-state index contributed by atoms with van der Waals surface area (Å²) in [6, 6.07) is 12.9. The highest BCUT2D eigenvalue weighted by molar-refractivity contribution is 8.76. The molecule has 0 radical (unpaired) electrons. The first-order chi connectivity index (χ1) is 42.5. The van der Waals surface area contributed by atoms with Crippen molar-refractivity contribution >= 4 is 97.3 Å². The lowest BCUT2D eigenvalue weighted by atomic mass is 9.63. The first-order valence-corrected chi connectivity index (χ1v) is 36.4. The Kier molecular flexibility index (Phi) is 23.4. The number of hydrogen-bond donors (Lipinski definition) is 9. The number of phosphoric ester groups is 1. The van der Waals surface area contributed by atoms with Crippen LogP contribution in [0, 0.1) is 17.8 Å². The normalized spacial score (nSPS) is 20.8. The van der Waals surface area contributed by atoms with E-state index in [0.29, 0.717) is 43.0 Å². The average molecular weight is 1340 g/mol. The molecule has 0 saturated carbocycles. The van der Waals surface area contributed by atoms with Gasteiger partial charge in [0, 0.05) is 98.6 Å². The Bertz CT molecular complexity index is 3690. The van der Waals surface area contributed by atoms with E-state index >= 15 is 0 Å². The Hall–Kier alpha value is -5.62. The van der Waals surface area contributed by atoms with Crippen LogP contribution in [0.4, 0.5) is 5.82 Å². The molecule has 2 aliphatic heterocycles. The summed E-state index contributed by atoms with van der Waals surface area (Å²) in [5.74, 6) is 5.10. The number of aliphatic imine (C=N–C) groups is 1. The van der Waals surface area contributed by atoms with Gasteiger partial charge in [-0.2, -0.15) is 8.62 Å². The maximum absolute atomic E-state index is 14.5. The minimum absolute atomic E-state index is 0.0187.